The van der Waals surface area contributed by atoms with Gasteiger partial charge in [-0.25, -0.2) is 4.79 Å². The number of nitrogens with one attached hydrogen (secondary N) is 1. The van der Waals surface area contributed by atoms with E-state index in [0.717, 1.165) is 5.56 Å². The number of methoxy groups -OCH3 is 1. The highest BCUT2D eigenvalue weighted by Crippen LogP contribution is 2.12. The maximum atomic E-state index is 11.7. The number of carbonyl (C=O) groups excluding carboxylic acids is 1. The molecule has 0 aliphatic heterocycles. The highest BCUT2D eigenvalue weighted by molar-refractivity contribution is 5.84. The van der Waals surface area contributed by atoms with Gasteiger partial charge >= 0.3 is 5.97 Å². The molecule has 0 bridgehead atoms. The van der Waals surface area contributed by atoms with Crippen LogP contribution in [-0.2, 0) is 14.3 Å². The van der Waals surface area contributed by atoms with Crippen LogP contribution >= 0.6 is 0 Å². The van der Waals surface area contributed by atoms with Crippen molar-refractivity contribution < 1.29 is 19.4 Å². The smallest absolute Gasteiger partial charge is 0.328 e. The summed E-state index contributed by atoms with van der Waals surface area (Å²) in [5, 5.41) is 11.3. The number of hydrogen-bond acceptors (Lipinski definition) is 4. The molecular weight excluding hydrogens is 248 g/mol. The molecule has 0 saturated carbocycles. The minimum atomic E-state index is -1.14. The molecule has 0 aliphatic rings. The molecule has 4 N–H and O–H groups in total. The van der Waals surface area contributed by atoms with Gasteiger partial charge in [0.05, 0.1) is 6.61 Å². The normalized spacial score (nSPS) is 13.6. The second-order valence-electron chi connectivity index (χ2n) is 4.13. The monoisotopic (exact) mass is 266 g/mol. The van der Waals surface area contributed by atoms with E-state index in [9.17, 15) is 9.59 Å². The fourth-order valence-electron chi connectivity index (χ4n) is 1.61. The summed E-state index contributed by atoms with van der Waals surface area (Å²) in [5.74, 6) is -1.55. The van der Waals surface area contributed by atoms with Crippen molar-refractivity contribution in [1.82, 2.24) is 5.32 Å². The summed E-state index contributed by atoms with van der Waals surface area (Å²) in [5.41, 5.74) is 6.71. The van der Waals surface area contributed by atoms with Crippen LogP contribution in [0.15, 0.2) is 30.3 Å². The third kappa shape index (κ3) is 5.07. The second-order valence-corrected chi connectivity index (χ2v) is 4.13. The molecule has 1 amide bonds. The average molecular weight is 266 g/mol. The van der Waals surface area contributed by atoms with Gasteiger partial charge < -0.3 is 20.9 Å². The first kappa shape index (κ1) is 15.1. The molecular formula is C13H18N2O4. The zero-order chi connectivity index (χ0) is 14.3. The molecule has 2 atom stereocenters. The zero-order valence-corrected chi connectivity index (χ0v) is 10.7. The molecule has 1 aromatic rings. The quantitative estimate of drug-likeness (QED) is 0.658. The first-order chi connectivity index (χ1) is 9.04. The highest BCUT2D eigenvalue weighted by atomic mass is 16.5. The summed E-state index contributed by atoms with van der Waals surface area (Å²) in [6, 6.07) is 7.65. The average Bonchev–Trinajstić information content (AvgIpc) is 2.39. The predicted octanol–water partition coefficient (Wildman–Crippen LogP) is 0.292. The van der Waals surface area contributed by atoms with E-state index < -0.39 is 24.0 Å². The molecule has 0 spiro atoms. The lowest BCUT2D eigenvalue weighted by molar-refractivity contribution is -0.143. The van der Waals surface area contributed by atoms with Crippen LogP contribution in [0.3, 0.4) is 0 Å². The molecule has 19 heavy (non-hydrogen) atoms. The zero-order valence-electron chi connectivity index (χ0n) is 10.7. The summed E-state index contributed by atoms with van der Waals surface area (Å²) >= 11 is 0. The Morgan fingerprint density at radius 2 is 2.00 bits per heavy atom. The molecule has 0 aromatic heterocycles. The van der Waals surface area contributed by atoms with Gasteiger partial charge in [-0.1, -0.05) is 30.3 Å². The number of rotatable bonds is 7. The number of amides is 1. The van der Waals surface area contributed by atoms with Crippen molar-refractivity contribution in [2.45, 2.75) is 18.5 Å². The molecule has 6 nitrogen and oxygen atoms in total. The maximum Gasteiger partial charge on any atom is 0.328 e. The van der Waals surface area contributed by atoms with Crippen molar-refractivity contribution in [1.29, 1.82) is 0 Å². The van der Waals surface area contributed by atoms with Gasteiger partial charge in [-0.3, -0.25) is 4.79 Å². The molecule has 0 heterocycles. The van der Waals surface area contributed by atoms with E-state index in [2.05, 4.69) is 5.32 Å². The summed E-state index contributed by atoms with van der Waals surface area (Å²) < 4.78 is 4.73. The number of nitrogens with two attached hydrogens (primary N) is 1. The van der Waals surface area contributed by atoms with Gasteiger partial charge in [-0.05, 0) is 5.56 Å². The maximum absolute atomic E-state index is 11.7. The minimum absolute atomic E-state index is 0.0253. The summed E-state index contributed by atoms with van der Waals surface area (Å²) in [4.78, 5) is 22.6. The van der Waals surface area contributed by atoms with Gasteiger partial charge in [0.25, 0.3) is 0 Å². The van der Waals surface area contributed by atoms with Crippen LogP contribution < -0.4 is 11.1 Å². The third-order valence-electron chi connectivity index (χ3n) is 2.60. The summed E-state index contributed by atoms with van der Waals surface area (Å²) in [6.45, 7) is -0.0817. The van der Waals surface area contributed by atoms with Gasteiger partial charge in [0.15, 0.2) is 6.04 Å². The number of hydrogen-bond donors (Lipinski definition) is 3. The van der Waals surface area contributed by atoms with Crippen LogP contribution in [0.2, 0.25) is 0 Å². The van der Waals surface area contributed by atoms with E-state index in [0.29, 0.717) is 0 Å². The van der Waals surface area contributed by atoms with Crippen molar-refractivity contribution in [2.75, 3.05) is 13.7 Å². The van der Waals surface area contributed by atoms with E-state index in [1.54, 1.807) is 0 Å². The second kappa shape index (κ2) is 7.50. The van der Waals surface area contributed by atoms with E-state index in [4.69, 9.17) is 15.6 Å². The fourth-order valence-corrected chi connectivity index (χ4v) is 1.61. The molecule has 104 valence electrons. The topological polar surface area (TPSA) is 102 Å². The molecule has 0 radical (unpaired) electrons. The number of carboxylic acids is 1. The Labute approximate surface area is 111 Å². The summed E-state index contributed by atoms with van der Waals surface area (Å²) in [6.07, 6.45) is 0.0253. The lowest BCUT2D eigenvalue weighted by Crippen LogP contribution is -2.44. The molecule has 1 rings (SSSR count). The fraction of sp³-hybridized carbons (Fsp3) is 0.385. The first-order valence-corrected chi connectivity index (χ1v) is 5.86. The summed E-state index contributed by atoms with van der Waals surface area (Å²) in [7, 11) is 1.37. The number of ether oxygens (including phenoxy) is 1. The van der Waals surface area contributed by atoms with E-state index in [1.165, 1.54) is 7.11 Å². The van der Waals surface area contributed by atoms with Crippen LogP contribution in [0.1, 0.15) is 18.0 Å². The van der Waals surface area contributed by atoms with Gasteiger partial charge in [0, 0.05) is 19.6 Å². The first-order valence-electron chi connectivity index (χ1n) is 5.86. The van der Waals surface area contributed by atoms with Gasteiger partial charge in [0.2, 0.25) is 5.91 Å². The van der Waals surface area contributed by atoms with Crippen LogP contribution in [-0.4, -0.2) is 36.7 Å². The SMILES string of the molecule is COCC(NC(=O)CC(N)c1ccccc1)C(=O)O. The van der Waals surface area contributed by atoms with Crippen molar-refractivity contribution in [3.8, 4) is 0 Å². The standard InChI is InChI=1S/C13H18N2O4/c1-19-8-11(13(17)18)15-12(16)7-10(14)9-5-3-2-4-6-9/h2-6,10-11H,7-8,14H2,1H3,(H,15,16)(H,17,18). The Kier molecular flexibility index (Phi) is 5.98. The number of aliphatic carboxylic acids is 1. The van der Waals surface area contributed by atoms with Crippen molar-refractivity contribution in [3.63, 3.8) is 0 Å². The Morgan fingerprint density at radius 1 is 1.37 bits per heavy atom. The van der Waals surface area contributed by atoms with Gasteiger partial charge in [0.1, 0.15) is 0 Å². The van der Waals surface area contributed by atoms with Crippen molar-refractivity contribution in [3.05, 3.63) is 35.9 Å². The predicted molar refractivity (Wildman–Crippen MR) is 69.4 cm³/mol. The van der Waals surface area contributed by atoms with Gasteiger partial charge in [-0.2, -0.15) is 0 Å². The van der Waals surface area contributed by atoms with Crippen LogP contribution in [0, 0.1) is 0 Å². The largest absolute Gasteiger partial charge is 0.480 e. The third-order valence-corrected chi connectivity index (χ3v) is 2.60. The Bertz CT molecular complexity index is 422. The highest BCUT2D eigenvalue weighted by Gasteiger charge is 2.21. The van der Waals surface area contributed by atoms with Crippen LogP contribution in [0.5, 0.6) is 0 Å². The lowest BCUT2D eigenvalue weighted by Gasteiger charge is -2.16. The Morgan fingerprint density at radius 3 is 2.53 bits per heavy atom. The molecule has 2 unspecified atom stereocenters. The molecule has 0 saturated heterocycles. The van der Waals surface area contributed by atoms with Gasteiger partial charge in [-0.15, -0.1) is 0 Å². The molecule has 1 aromatic carbocycles. The van der Waals surface area contributed by atoms with Crippen molar-refractivity contribution in [2.24, 2.45) is 5.73 Å². The van der Waals surface area contributed by atoms with Crippen molar-refractivity contribution >= 4 is 11.9 Å². The van der Waals surface area contributed by atoms with Crippen LogP contribution in [0.25, 0.3) is 0 Å². The number of benzene rings is 1. The molecule has 0 fully saturated rings. The number of carbonyl (C=O) groups is 2. The van der Waals surface area contributed by atoms with Crippen LogP contribution in [0.4, 0.5) is 0 Å². The molecule has 0 aliphatic carbocycles. The Hall–Kier alpha value is -1.92. The molecule has 6 heteroatoms. The minimum Gasteiger partial charge on any atom is -0.480 e. The van der Waals surface area contributed by atoms with E-state index in [-0.39, 0.29) is 13.0 Å². The lowest BCUT2D eigenvalue weighted by atomic mass is 10.0. The Balaban J connectivity index is 2.52. The van der Waals surface area contributed by atoms with E-state index >= 15 is 0 Å². The number of carboxylic acid groups (broad SMARTS) is 1. The van der Waals surface area contributed by atoms with E-state index in [1.807, 2.05) is 30.3 Å².